The van der Waals surface area contributed by atoms with Crippen molar-refractivity contribution in [3.63, 3.8) is 0 Å². The van der Waals surface area contributed by atoms with Crippen molar-refractivity contribution in [1.82, 2.24) is 0 Å². The molecule has 0 aromatic heterocycles. The molecule has 0 bridgehead atoms. The minimum Gasteiger partial charge on any atom is -0.460 e. The molecule has 88 valence electrons. The van der Waals surface area contributed by atoms with Crippen LogP contribution in [0.2, 0.25) is 0 Å². The first-order chi connectivity index (χ1) is 7.77. The van der Waals surface area contributed by atoms with Crippen molar-refractivity contribution in [3.8, 4) is 0 Å². The zero-order valence-electron chi connectivity index (χ0n) is 9.45. The van der Waals surface area contributed by atoms with Gasteiger partial charge >= 0.3 is 5.97 Å². The van der Waals surface area contributed by atoms with Gasteiger partial charge in [0.2, 0.25) is 0 Å². The van der Waals surface area contributed by atoms with Crippen molar-refractivity contribution in [3.05, 3.63) is 23.8 Å². The quantitative estimate of drug-likeness (QED) is 0.740. The Hall–Kier alpha value is -1.09. The monoisotopic (exact) mass is 222 g/mol. The van der Waals surface area contributed by atoms with Crippen molar-refractivity contribution >= 4 is 5.97 Å². The standard InChI is InChI=1S/C13H18O3/c14-10-13(7-4-8-13)12(15)16-9-11-5-2-1-3-6-11/h2,5-6,14H,1,3-4,7-10H2. The van der Waals surface area contributed by atoms with Gasteiger partial charge in [0.15, 0.2) is 0 Å². The summed E-state index contributed by atoms with van der Waals surface area (Å²) < 4.78 is 5.26. The highest BCUT2D eigenvalue weighted by molar-refractivity contribution is 5.78. The van der Waals surface area contributed by atoms with Gasteiger partial charge in [-0.3, -0.25) is 4.79 Å². The van der Waals surface area contributed by atoms with Crippen LogP contribution in [0.15, 0.2) is 23.8 Å². The highest BCUT2D eigenvalue weighted by atomic mass is 16.5. The van der Waals surface area contributed by atoms with Gasteiger partial charge in [0, 0.05) is 0 Å². The maximum atomic E-state index is 11.8. The van der Waals surface area contributed by atoms with E-state index in [9.17, 15) is 9.90 Å². The van der Waals surface area contributed by atoms with Crippen LogP contribution in [0, 0.1) is 5.41 Å². The molecular formula is C13H18O3. The van der Waals surface area contributed by atoms with Crippen molar-refractivity contribution in [2.45, 2.75) is 32.1 Å². The van der Waals surface area contributed by atoms with Gasteiger partial charge in [0.25, 0.3) is 0 Å². The zero-order valence-corrected chi connectivity index (χ0v) is 9.45. The van der Waals surface area contributed by atoms with E-state index in [2.05, 4.69) is 12.2 Å². The van der Waals surface area contributed by atoms with Crippen LogP contribution < -0.4 is 0 Å². The summed E-state index contributed by atoms with van der Waals surface area (Å²) in [6.45, 7) is 0.262. The van der Waals surface area contributed by atoms with Gasteiger partial charge in [-0.1, -0.05) is 24.6 Å². The molecule has 0 unspecified atom stereocenters. The minimum absolute atomic E-state index is 0.0826. The molecule has 1 saturated carbocycles. The van der Waals surface area contributed by atoms with E-state index in [4.69, 9.17) is 4.74 Å². The topological polar surface area (TPSA) is 46.5 Å². The minimum atomic E-state index is -0.584. The predicted molar refractivity (Wildman–Crippen MR) is 60.8 cm³/mol. The summed E-state index contributed by atoms with van der Waals surface area (Å²) in [5.41, 5.74) is 0.478. The maximum Gasteiger partial charge on any atom is 0.314 e. The molecule has 0 radical (unpaired) electrons. The Labute approximate surface area is 95.8 Å². The SMILES string of the molecule is O=C(OCC1=CCCC=C1)C1(CO)CCC1. The van der Waals surface area contributed by atoms with Crippen molar-refractivity contribution < 1.29 is 14.6 Å². The van der Waals surface area contributed by atoms with Gasteiger partial charge < -0.3 is 9.84 Å². The number of hydrogen-bond acceptors (Lipinski definition) is 3. The van der Waals surface area contributed by atoms with Gasteiger partial charge in [-0.05, 0) is 31.3 Å². The third-order valence-electron chi connectivity index (χ3n) is 3.49. The fourth-order valence-electron chi connectivity index (χ4n) is 2.11. The molecule has 0 atom stereocenters. The average molecular weight is 222 g/mol. The van der Waals surface area contributed by atoms with E-state index in [1.807, 2.05) is 6.08 Å². The van der Waals surface area contributed by atoms with Crippen molar-refractivity contribution in [1.29, 1.82) is 0 Å². The number of aliphatic hydroxyl groups excluding tert-OH is 1. The average Bonchev–Trinajstić information content (AvgIpc) is 2.27. The molecule has 0 aromatic carbocycles. The van der Waals surface area contributed by atoms with Crippen LogP contribution in [-0.4, -0.2) is 24.3 Å². The number of allylic oxidation sites excluding steroid dienone is 2. The van der Waals surface area contributed by atoms with Gasteiger partial charge in [-0.25, -0.2) is 0 Å². The molecule has 0 amide bonds. The molecule has 1 fully saturated rings. The molecule has 3 nitrogen and oxygen atoms in total. The zero-order chi connectivity index (χ0) is 11.4. The number of hydrogen-bond donors (Lipinski definition) is 1. The van der Waals surface area contributed by atoms with Crippen LogP contribution in [0.4, 0.5) is 0 Å². The fourth-order valence-corrected chi connectivity index (χ4v) is 2.11. The van der Waals surface area contributed by atoms with Gasteiger partial charge in [-0.15, -0.1) is 0 Å². The predicted octanol–water partition coefficient (Wildman–Crippen LogP) is 1.97. The second-order valence-corrected chi connectivity index (χ2v) is 4.63. The van der Waals surface area contributed by atoms with E-state index in [1.54, 1.807) is 0 Å². The Morgan fingerprint density at radius 3 is 2.75 bits per heavy atom. The first-order valence-corrected chi connectivity index (χ1v) is 5.90. The summed E-state index contributed by atoms with van der Waals surface area (Å²) in [5, 5.41) is 9.21. The number of carbonyl (C=O) groups is 1. The summed E-state index contributed by atoms with van der Waals surface area (Å²) in [6, 6.07) is 0. The molecule has 0 saturated heterocycles. The van der Waals surface area contributed by atoms with Crippen molar-refractivity contribution in [2.75, 3.05) is 13.2 Å². The van der Waals surface area contributed by atoms with E-state index in [-0.39, 0.29) is 12.6 Å². The number of aliphatic hydroxyl groups is 1. The fraction of sp³-hybridized carbons (Fsp3) is 0.615. The summed E-state index contributed by atoms with van der Waals surface area (Å²) in [5.74, 6) is -0.235. The summed E-state index contributed by atoms with van der Waals surface area (Å²) in [4.78, 5) is 11.8. The lowest BCUT2D eigenvalue weighted by Crippen LogP contribution is -2.42. The third kappa shape index (κ3) is 2.19. The Morgan fingerprint density at radius 2 is 2.25 bits per heavy atom. The second-order valence-electron chi connectivity index (χ2n) is 4.63. The van der Waals surface area contributed by atoms with E-state index in [0.717, 1.165) is 37.7 Å². The van der Waals surface area contributed by atoms with E-state index < -0.39 is 5.41 Å². The van der Waals surface area contributed by atoms with Crippen molar-refractivity contribution in [2.24, 2.45) is 5.41 Å². The number of carbonyl (C=O) groups excluding carboxylic acids is 1. The Bertz CT molecular complexity index is 319. The Morgan fingerprint density at radius 1 is 1.44 bits per heavy atom. The molecule has 16 heavy (non-hydrogen) atoms. The molecule has 2 aliphatic carbocycles. The van der Waals surface area contributed by atoms with Crippen LogP contribution in [0.25, 0.3) is 0 Å². The summed E-state index contributed by atoms with van der Waals surface area (Å²) in [6.07, 6.45) is 10.8. The molecule has 0 heterocycles. The highest BCUT2D eigenvalue weighted by Gasteiger charge is 2.45. The molecule has 3 heteroatoms. The molecule has 2 rings (SSSR count). The maximum absolute atomic E-state index is 11.8. The Kier molecular flexibility index (Phi) is 3.44. The second kappa shape index (κ2) is 4.83. The molecule has 0 spiro atoms. The summed E-state index contributed by atoms with van der Waals surface area (Å²) >= 11 is 0. The van der Waals surface area contributed by atoms with E-state index >= 15 is 0 Å². The molecular weight excluding hydrogens is 204 g/mol. The Balaban J connectivity index is 1.83. The van der Waals surface area contributed by atoms with Crippen LogP contribution >= 0.6 is 0 Å². The molecule has 0 aromatic rings. The van der Waals surface area contributed by atoms with E-state index in [0.29, 0.717) is 6.61 Å². The van der Waals surface area contributed by atoms with Crippen LogP contribution in [-0.2, 0) is 9.53 Å². The number of rotatable bonds is 4. The molecule has 0 aliphatic heterocycles. The van der Waals surface area contributed by atoms with Gasteiger partial charge in [0.1, 0.15) is 6.61 Å². The van der Waals surface area contributed by atoms with Crippen LogP contribution in [0.5, 0.6) is 0 Å². The molecule has 2 aliphatic rings. The van der Waals surface area contributed by atoms with Crippen LogP contribution in [0.3, 0.4) is 0 Å². The van der Waals surface area contributed by atoms with Gasteiger partial charge in [0.05, 0.1) is 12.0 Å². The third-order valence-corrected chi connectivity index (χ3v) is 3.49. The largest absolute Gasteiger partial charge is 0.460 e. The molecule has 1 N–H and O–H groups in total. The van der Waals surface area contributed by atoms with Gasteiger partial charge in [-0.2, -0.15) is 0 Å². The number of esters is 1. The smallest absolute Gasteiger partial charge is 0.314 e. The number of ether oxygens (including phenoxy) is 1. The first kappa shape index (κ1) is 11.4. The first-order valence-electron chi connectivity index (χ1n) is 5.90. The lowest BCUT2D eigenvalue weighted by atomic mass is 9.69. The normalized spacial score (nSPS) is 22.2. The van der Waals surface area contributed by atoms with E-state index in [1.165, 1.54) is 0 Å². The summed E-state index contributed by atoms with van der Waals surface area (Å²) in [7, 11) is 0. The highest BCUT2D eigenvalue weighted by Crippen LogP contribution is 2.41. The van der Waals surface area contributed by atoms with Crippen LogP contribution in [0.1, 0.15) is 32.1 Å². The lowest BCUT2D eigenvalue weighted by molar-refractivity contribution is -0.164. The lowest BCUT2D eigenvalue weighted by Gasteiger charge is -2.37.